The molecule has 1 amide bonds. The molecule has 0 aromatic heterocycles. The Hall–Kier alpha value is -1.39. The Labute approximate surface area is 136 Å². The van der Waals surface area contributed by atoms with Crippen LogP contribution in [-0.2, 0) is 6.42 Å². The molecule has 2 aromatic rings. The third kappa shape index (κ3) is 4.55. The topological polar surface area (TPSA) is 29.1 Å². The third-order valence-electron chi connectivity index (χ3n) is 3.02. The van der Waals surface area contributed by atoms with Gasteiger partial charge >= 0.3 is 0 Å². The molecule has 0 saturated heterocycles. The fourth-order valence-corrected chi connectivity index (χ4v) is 2.70. The van der Waals surface area contributed by atoms with Crippen molar-refractivity contribution in [2.24, 2.45) is 0 Å². The Kier molecular flexibility index (Phi) is 5.76. The van der Waals surface area contributed by atoms with Crippen LogP contribution in [0.15, 0.2) is 53.0 Å². The molecule has 0 radical (unpaired) electrons. The maximum absolute atomic E-state index is 13.0. The highest BCUT2D eigenvalue weighted by molar-refractivity contribution is 9.10. The highest BCUT2D eigenvalue weighted by Gasteiger charge is 2.16. The zero-order valence-corrected chi connectivity index (χ0v) is 13.5. The monoisotopic (exact) mass is 369 g/mol. The van der Waals surface area contributed by atoms with Crippen molar-refractivity contribution in [3.8, 4) is 0 Å². The Morgan fingerprint density at radius 2 is 1.95 bits per heavy atom. The number of carbonyl (C=O) groups excluding carboxylic acids is 1. The summed E-state index contributed by atoms with van der Waals surface area (Å²) in [5.41, 5.74) is 1.49. The van der Waals surface area contributed by atoms with Crippen LogP contribution in [0.1, 0.15) is 15.9 Å². The molecule has 0 spiro atoms. The van der Waals surface area contributed by atoms with E-state index in [1.165, 1.54) is 18.2 Å². The summed E-state index contributed by atoms with van der Waals surface area (Å²) < 4.78 is 13.5. The Balaban J connectivity index is 2.06. The van der Waals surface area contributed by atoms with E-state index in [2.05, 4.69) is 21.2 Å². The first kappa shape index (κ1) is 16.0. The SMILES string of the molecule is O=C(NC(CCl)Cc1ccccc1)c1ccc(F)cc1Br. The smallest absolute Gasteiger partial charge is 0.252 e. The standard InChI is InChI=1S/C16H14BrClFNO/c17-15-9-12(19)6-7-14(15)16(21)20-13(10-18)8-11-4-2-1-3-5-11/h1-7,9,13H,8,10H2,(H,20,21). The minimum atomic E-state index is -0.392. The second-order valence-electron chi connectivity index (χ2n) is 4.64. The molecule has 0 saturated carbocycles. The van der Waals surface area contributed by atoms with E-state index >= 15 is 0 Å². The average Bonchev–Trinajstić information content (AvgIpc) is 2.47. The van der Waals surface area contributed by atoms with Gasteiger partial charge in [0.05, 0.1) is 5.56 Å². The number of benzene rings is 2. The van der Waals surface area contributed by atoms with E-state index in [9.17, 15) is 9.18 Å². The van der Waals surface area contributed by atoms with Gasteiger partial charge in [0, 0.05) is 16.4 Å². The molecule has 0 aliphatic rings. The number of rotatable bonds is 5. The third-order valence-corrected chi connectivity index (χ3v) is 4.05. The Bertz CT molecular complexity index is 621. The molecular formula is C16H14BrClFNO. The van der Waals surface area contributed by atoms with E-state index in [4.69, 9.17) is 11.6 Å². The van der Waals surface area contributed by atoms with Crippen molar-refractivity contribution in [3.05, 3.63) is 69.9 Å². The van der Waals surface area contributed by atoms with Gasteiger partial charge in [-0.15, -0.1) is 11.6 Å². The lowest BCUT2D eigenvalue weighted by Gasteiger charge is -2.16. The van der Waals surface area contributed by atoms with Gasteiger partial charge in [-0.3, -0.25) is 4.79 Å². The molecule has 1 N–H and O–H groups in total. The zero-order valence-electron chi connectivity index (χ0n) is 11.2. The molecule has 0 fully saturated rings. The lowest BCUT2D eigenvalue weighted by Crippen LogP contribution is -2.38. The van der Waals surface area contributed by atoms with Crippen molar-refractivity contribution in [3.63, 3.8) is 0 Å². The van der Waals surface area contributed by atoms with Gasteiger partial charge < -0.3 is 5.32 Å². The van der Waals surface area contributed by atoms with Gasteiger partial charge in [0.1, 0.15) is 5.82 Å². The lowest BCUT2D eigenvalue weighted by atomic mass is 10.1. The van der Waals surface area contributed by atoms with Gasteiger partial charge in [0.2, 0.25) is 0 Å². The maximum atomic E-state index is 13.0. The fourth-order valence-electron chi connectivity index (χ4n) is 1.98. The molecule has 0 heterocycles. The van der Waals surface area contributed by atoms with Crippen LogP contribution in [0.2, 0.25) is 0 Å². The first-order chi connectivity index (χ1) is 10.1. The summed E-state index contributed by atoms with van der Waals surface area (Å²) in [6.45, 7) is 0. The van der Waals surface area contributed by atoms with Crippen molar-refractivity contribution in [2.45, 2.75) is 12.5 Å². The van der Waals surface area contributed by atoms with Crippen LogP contribution in [-0.4, -0.2) is 17.8 Å². The summed E-state index contributed by atoms with van der Waals surface area (Å²) in [4.78, 5) is 12.2. The number of halogens is 3. The fraction of sp³-hybridized carbons (Fsp3) is 0.188. The lowest BCUT2D eigenvalue weighted by molar-refractivity contribution is 0.0940. The highest BCUT2D eigenvalue weighted by Crippen LogP contribution is 2.18. The molecule has 0 aliphatic heterocycles. The largest absolute Gasteiger partial charge is 0.348 e. The number of hydrogen-bond donors (Lipinski definition) is 1. The quantitative estimate of drug-likeness (QED) is 0.787. The summed E-state index contributed by atoms with van der Waals surface area (Å²) >= 11 is 9.12. The van der Waals surface area contributed by atoms with Gasteiger partial charge in [0.25, 0.3) is 5.91 Å². The van der Waals surface area contributed by atoms with Gasteiger partial charge in [-0.25, -0.2) is 4.39 Å². The van der Waals surface area contributed by atoms with Gasteiger partial charge in [0.15, 0.2) is 0 Å². The second-order valence-corrected chi connectivity index (χ2v) is 5.80. The molecule has 110 valence electrons. The molecular weight excluding hydrogens is 357 g/mol. The van der Waals surface area contributed by atoms with Crippen LogP contribution in [0.5, 0.6) is 0 Å². The summed E-state index contributed by atoms with van der Waals surface area (Å²) in [6.07, 6.45) is 0.648. The van der Waals surface area contributed by atoms with E-state index in [-0.39, 0.29) is 11.9 Å². The average molecular weight is 371 g/mol. The number of alkyl halides is 1. The number of amides is 1. The summed E-state index contributed by atoms with van der Waals surface area (Å²) in [5.74, 6) is -0.362. The Morgan fingerprint density at radius 3 is 2.57 bits per heavy atom. The van der Waals surface area contributed by atoms with Gasteiger partial charge in [-0.2, -0.15) is 0 Å². The van der Waals surface area contributed by atoms with Crippen molar-refractivity contribution in [2.75, 3.05) is 5.88 Å². The molecule has 21 heavy (non-hydrogen) atoms. The summed E-state index contributed by atoms with van der Waals surface area (Å²) in [6, 6.07) is 13.6. The molecule has 0 aliphatic carbocycles. The number of carbonyl (C=O) groups is 1. The van der Waals surface area contributed by atoms with Gasteiger partial charge in [-0.1, -0.05) is 30.3 Å². The van der Waals surface area contributed by atoms with Crippen LogP contribution in [0.25, 0.3) is 0 Å². The molecule has 1 unspecified atom stereocenters. The van der Waals surface area contributed by atoms with E-state index in [1.54, 1.807) is 0 Å². The van der Waals surface area contributed by atoms with Crippen molar-refractivity contribution in [1.82, 2.24) is 5.32 Å². The predicted octanol–water partition coefficient (Wildman–Crippen LogP) is 4.17. The highest BCUT2D eigenvalue weighted by atomic mass is 79.9. The van der Waals surface area contributed by atoms with Crippen molar-refractivity contribution >= 4 is 33.4 Å². The van der Waals surface area contributed by atoms with Crippen LogP contribution in [0.3, 0.4) is 0 Å². The Morgan fingerprint density at radius 1 is 1.24 bits per heavy atom. The number of hydrogen-bond acceptors (Lipinski definition) is 1. The minimum absolute atomic E-state index is 0.182. The predicted molar refractivity (Wildman–Crippen MR) is 86.2 cm³/mol. The first-order valence-electron chi connectivity index (χ1n) is 6.46. The summed E-state index contributed by atoms with van der Waals surface area (Å²) in [7, 11) is 0. The van der Waals surface area contributed by atoms with E-state index in [1.807, 2.05) is 30.3 Å². The van der Waals surface area contributed by atoms with Crippen LogP contribution in [0, 0.1) is 5.82 Å². The second kappa shape index (κ2) is 7.57. The number of nitrogens with one attached hydrogen (secondary N) is 1. The first-order valence-corrected chi connectivity index (χ1v) is 7.78. The van der Waals surface area contributed by atoms with Gasteiger partial charge in [-0.05, 0) is 46.1 Å². The zero-order chi connectivity index (χ0) is 15.2. The molecule has 0 bridgehead atoms. The van der Waals surface area contributed by atoms with Crippen molar-refractivity contribution in [1.29, 1.82) is 0 Å². The molecule has 2 nitrogen and oxygen atoms in total. The molecule has 2 aromatic carbocycles. The summed E-state index contributed by atoms with van der Waals surface area (Å²) in [5, 5.41) is 2.87. The van der Waals surface area contributed by atoms with E-state index < -0.39 is 5.82 Å². The van der Waals surface area contributed by atoms with Crippen LogP contribution >= 0.6 is 27.5 Å². The van der Waals surface area contributed by atoms with Crippen LogP contribution < -0.4 is 5.32 Å². The normalized spacial score (nSPS) is 12.0. The minimum Gasteiger partial charge on any atom is -0.348 e. The van der Waals surface area contributed by atoms with Crippen molar-refractivity contribution < 1.29 is 9.18 Å². The molecule has 2 rings (SSSR count). The van der Waals surface area contributed by atoms with E-state index in [0.29, 0.717) is 22.3 Å². The molecule has 5 heteroatoms. The van der Waals surface area contributed by atoms with Crippen LogP contribution in [0.4, 0.5) is 4.39 Å². The maximum Gasteiger partial charge on any atom is 0.252 e. The molecule has 1 atom stereocenters. The van der Waals surface area contributed by atoms with E-state index in [0.717, 1.165) is 5.56 Å².